The molecule has 142 valence electrons. The molecule has 1 amide bonds. The Kier molecular flexibility index (Phi) is 7.38. The van der Waals surface area contributed by atoms with Gasteiger partial charge in [0, 0.05) is 30.5 Å². The summed E-state index contributed by atoms with van der Waals surface area (Å²) in [6.07, 6.45) is 3.67. The molecule has 1 saturated heterocycles. The summed E-state index contributed by atoms with van der Waals surface area (Å²) in [7, 11) is -1.48. The quantitative estimate of drug-likeness (QED) is 0.574. The van der Waals surface area contributed by atoms with Crippen LogP contribution in [0.15, 0.2) is 12.1 Å². The first-order chi connectivity index (χ1) is 11.8. The van der Waals surface area contributed by atoms with Gasteiger partial charge in [0.05, 0.1) is 17.7 Å². The minimum atomic E-state index is -3.18. The van der Waals surface area contributed by atoms with Gasteiger partial charge in [0.25, 0.3) is 5.91 Å². The van der Waals surface area contributed by atoms with E-state index in [0.717, 1.165) is 37.1 Å². The summed E-state index contributed by atoms with van der Waals surface area (Å²) in [5.41, 5.74) is -0.00481. The molecule has 2 heterocycles. The summed E-state index contributed by atoms with van der Waals surface area (Å²) < 4.78 is 30.0. The lowest BCUT2D eigenvalue weighted by Crippen LogP contribution is -2.47. The van der Waals surface area contributed by atoms with E-state index in [1.165, 1.54) is 11.3 Å². The summed E-state index contributed by atoms with van der Waals surface area (Å²) in [5, 5.41) is 6.38. The Bertz CT molecular complexity index is 661. The normalized spacial score (nSPS) is 17.4. The number of sulfonamides is 1. The van der Waals surface area contributed by atoms with Crippen LogP contribution in [0, 0.1) is 5.41 Å². The Balaban J connectivity index is 1.86. The van der Waals surface area contributed by atoms with Gasteiger partial charge in [-0.25, -0.2) is 13.1 Å². The van der Waals surface area contributed by atoms with Crippen molar-refractivity contribution in [2.24, 2.45) is 5.41 Å². The zero-order valence-electron chi connectivity index (χ0n) is 14.8. The van der Waals surface area contributed by atoms with Gasteiger partial charge in [-0.05, 0) is 44.5 Å². The second-order valence-corrected chi connectivity index (χ2v) is 9.55. The predicted molar refractivity (Wildman–Crippen MR) is 99.6 cm³/mol. The fraction of sp³-hybridized carbons (Fsp3) is 0.688. The number of carbonyl (C=O) groups is 1. The second kappa shape index (κ2) is 9.09. The lowest BCUT2D eigenvalue weighted by atomic mass is 9.79. The molecule has 1 aliphatic heterocycles. The maximum Gasteiger partial charge on any atom is 0.261 e. The highest BCUT2D eigenvalue weighted by Gasteiger charge is 2.32. The van der Waals surface area contributed by atoms with Gasteiger partial charge in [-0.15, -0.1) is 11.3 Å². The Hall–Kier alpha value is -1.00. The molecule has 1 aromatic heterocycles. The second-order valence-electron chi connectivity index (χ2n) is 6.55. The lowest BCUT2D eigenvalue weighted by Gasteiger charge is -2.37. The van der Waals surface area contributed by atoms with E-state index in [4.69, 9.17) is 4.74 Å². The highest BCUT2D eigenvalue weighted by molar-refractivity contribution is 7.88. The van der Waals surface area contributed by atoms with Crippen LogP contribution in [0.25, 0.3) is 0 Å². The molecule has 2 rings (SSSR count). The van der Waals surface area contributed by atoms with Crippen LogP contribution in [0.5, 0.6) is 0 Å². The number of rotatable bonds is 9. The number of carbonyl (C=O) groups excluding carboxylic acids is 1. The van der Waals surface area contributed by atoms with Gasteiger partial charge in [-0.2, -0.15) is 0 Å². The van der Waals surface area contributed by atoms with Gasteiger partial charge >= 0.3 is 0 Å². The van der Waals surface area contributed by atoms with E-state index in [9.17, 15) is 13.2 Å². The number of hydrogen-bond donors (Lipinski definition) is 3. The van der Waals surface area contributed by atoms with Gasteiger partial charge in [0.2, 0.25) is 10.0 Å². The highest BCUT2D eigenvalue weighted by atomic mass is 32.2. The molecule has 0 unspecified atom stereocenters. The Labute approximate surface area is 153 Å². The monoisotopic (exact) mass is 389 g/mol. The topological polar surface area (TPSA) is 96.5 Å². The molecule has 0 aromatic carbocycles. The number of amides is 1. The summed E-state index contributed by atoms with van der Waals surface area (Å²) in [5.74, 6) is -0.0821. The van der Waals surface area contributed by atoms with E-state index in [-0.39, 0.29) is 11.3 Å². The third-order valence-corrected chi connectivity index (χ3v) is 6.23. The van der Waals surface area contributed by atoms with Crippen LogP contribution in [-0.4, -0.2) is 60.5 Å². The predicted octanol–water partition coefficient (Wildman–Crippen LogP) is 0.586. The largest absolute Gasteiger partial charge is 0.384 e. The molecule has 0 radical (unpaired) electrons. The van der Waals surface area contributed by atoms with E-state index >= 15 is 0 Å². The number of thiophene rings is 1. The maximum atomic E-state index is 12.4. The van der Waals surface area contributed by atoms with Crippen molar-refractivity contribution in [3.8, 4) is 0 Å². The van der Waals surface area contributed by atoms with Crippen molar-refractivity contribution in [1.82, 2.24) is 15.4 Å². The van der Waals surface area contributed by atoms with Crippen molar-refractivity contribution < 1.29 is 17.9 Å². The smallest absolute Gasteiger partial charge is 0.261 e. The Morgan fingerprint density at radius 1 is 1.36 bits per heavy atom. The number of nitrogens with one attached hydrogen (secondary N) is 3. The van der Waals surface area contributed by atoms with Gasteiger partial charge in [-0.3, -0.25) is 4.79 Å². The van der Waals surface area contributed by atoms with Crippen molar-refractivity contribution in [2.75, 3.05) is 46.2 Å². The maximum absolute atomic E-state index is 12.4. The summed E-state index contributed by atoms with van der Waals surface area (Å²) in [4.78, 5) is 14.0. The number of ether oxygens (including phenoxy) is 1. The van der Waals surface area contributed by atoms with E-state index in [0.29, 0.717) is 31.0 Å². The molecule has 0 saturated carbocycles. The van der Waals surface area contributed by atoms with Crippen molar-refractivity contribution >= 4 is 27.3 Å². The Morgan fingerprint density at radius 2 is 2.08 bits per heavy atom. The molecule has 1 aliphatic rings. The fourth-order valence-electron chi connectivity index (χ4n) is 2.98. The van der Waals surface area contributed by atoms with Crippen LogP contribution in [0.2, 0.25) is 0 Å². The van der Waals surface area contributed by atoms with Crippen LogP contribution in [0.1, 0.15) is 27.4 Å². The van der Waals surface area contributed by atoms with Gasteiger partial charge in [0.15, 0.2) is 0 Å². The van der Waals surface area contributed by atoms with E-state index in [1.807, 2.05) is 6.07 Å². The van der Waals surface area contributed by atoms with Crippen molar-refractivity contribution in [3.63, 3.8) is 0 Å². The number of methoxy groups -OCH3 is 1. The zero-order valence-corrected chi connectivity index (χ0v) is 16.4. The van der Waals surface area contributed by atoms with Crippen LogP contribution in [0.4, 0.5) is 0 Å². The zero-order chi connectivity index (χ0) is 18.3. The molecule has 0 atom stereocenters. The van der Waals surface area contributed by atoms with Crippen molar-refractivity contribution in [1.29, 1.82) is 0 Å². The molecule has 0 bridgehead atoms. The van der Waals surface area contributed by atoms with E-state index < -0.39 is 10.0 Å². The SMILES string of the molecule is COCC1(CNC(=O)c2ccc(CCNS(C)(=O)=O)s2)CCNCC1. The van der Waals surface area contributed by atoms with E-state index in [1.54, 1.807) is 13.2 Å². The molecular weight excluding hydrogens is 362 g/mol. The molecular formula is C16H27N3O4S2. The van der Waals surface area contributed by atoms with Crippen molar-refractivity contribution in [3.05, 3.63) is 21.9 Å². The van der Waals surface area contributed by atoms with Crippen LogP contribution in [-0.2, 0) is 21.2 Å². The molecule has 1 fully saturated rings. The minimum Gasteiger partial charge on any atom is -0.384 e. The molecule has 0 spiro atoms. The summed E-state index contributed by atoms with van der Waals surface area (Å²) >= 11 is 1.40. The first-order valence-corrected chi connectivity index (χ1v) is 11.1. The third kappa shape index (κ3) is 6.67. The van der Waals surface area contributed by atoms with Gasteiger partial charge < -0.3 is 15.4 Å². The van der Waals surface area contributed by atoms with Crippen molar-refractivity contribution in [2.45, 2.75) is 19.3 Å². The third-order valence-electron chi connectivity index (χ3n) is 4.36. The standard InChI is InChI=1S/C16H27N3O4S2/c1-23-12-16(6-9-17-10-7-16)11-18-15(20)14-4-3-13(24-14)5-8-19-25(2,21)22/h3-4,17,19H,5-12H2,1-2H3,(H,18,20). The van der Waals surface area contributed by atoms with E-state index in [2.05, 4.69) is 15.4 Å². The highest BCUT2D eigenvalue weighted by Crippen LogP contribution is 2.28. The van der Waals surface area contributed by atoms with Gasteiger partial charge in [-0.1, -0.05) is 0 Å². The average Bonchev–Trinajstić information content (AvgIpc) is 3.02. The molecule has 7 nitrogen and oxygen atoms in total. The van der Waals surface area contributed by atoms with Gasteiger partial charge in [0.1, 0.15) is 0 Å². The molecule has 0 aliphatic carbocycles. The fourth-order valence-corrected chi connectivity index (χ4v) is 4.38. The van der Waals surface area contributed by atoms with Crippen LogP contribution >= 0.6 is 11.3 Å². The first kappa shape index (κ1) is 20.3. The summed E-state index contributed by atoms with van der Waals surface area (Å²) in [6, 6.07) is 3.67. The summed E-state index contributed by atoms with van der Waals surface area (Å²) in [6.45, 7) is 3.46. The number of hydrogen-bond acceptors (Lipinski definition) is 6. The van der Waals surface area contributed by atoms with Crippen LogP contribution < -0.4 is 15.4 Å². The Morgan fingerprint density at radius 3 is 2.72 bits per heavy atom. The number of piperidine rings is 1. The average molecular weight is 390 g/mol. The molecule has 3 N–H and O–H groups in total. The van der Waals surface area contributed by atoms with Crippen LogP contribution in [0.3, 0.4) is 0 Å². The molecule has 25 heavy (non-hydrogen) atoms. The minimum absolute atomic E-state index is 0.00481. The first-order valence-electron chi connectivity index (χ1n) is 8.35. The molecule has 1 aromatic rings. The lowest BCUT2D eigenvalue weighted by molar-refractivity contribution is 0.0512. The molecule has 9 heteroatoms.